The largest absolute Gasteiger partial charge is 0.322 e. The van der Waals surface area contributed by atoms with E-state index < -0.39 is 18.3 Å². The predicted molar refractivity (Wildman–Crippen MR) is 73.8 cm³/mol. The van der Waals surface area contributed by atoms with Gasteiger partial charge in [-0.15, -0.1) is 12.4 Å². The first-order chi connectivity index (χ1) is 9.11. The lowest BCUT2D eigenvalue weighted by molar-refractivity contribution is -0.132. The van der Waals surface area contributed by atoms with Crippen molar-refractivity contribution in [3.05, 3.63) is 30.1 Å². The number of halogens is 2. The number of alkyl halides is 1. The molecule has 1 aromatic heterocycles. The molecule has 7 heteroatoms. The second-order valence-corrected chi connectivity index (χ2v) is 4.63. The molecule has 0 spiro atoms. The van der Waals surface area contributed by atoms with E-state index in [1.165, 1.54) is 4.90 Å². The number of rotatable bonds is 3. The Morgan fingerprint density at radius 1 is 1.60 bits per heavy atom. The topological polar surface area (TPSA) is 83.0 Å². The van der Waals surface area contributed by atoms with Gasteiger partial charge >= 0.3 is 0 Å². The lowest BCUT2D eigenvalue weighted by Gasteiger charge is -2.23. The molecule has 1 unspecified atom stereocenters. The Morgan fingerprint density at radius 2 is 2.25 bits per heavy atom. The quantitative estimate of drug-likeness (QED) is 0.896. The zero-order valence-electron chi connectivity index (χ0n) is 10.8. The molecule has 1 aliphatic rings. The molecule has 108 valence electrons. The van der Waals surface area contributed by atoms with Crippen molar-refractivity contribution in [1.29, 1.82) is 5.26 Å². The number of nitrogens with two attached hydrogens (primary N) is 1. The molecule has 1 aliphatic heterocycles. The molecule has 0 aromatic carbocycles. The molecule has 20 heavy (non-hydrogen) atoms. The van der Waals surface area contributed by atoms with E-state index in [1.54, 1.807) is 24.5 Å². The first kappa shape index (κ1) is 16.3. The van der Waals surface area contributed by atoms with Gasteiger partial charge in [-0.3, -0.25) is 9.78 Å². The van der Waals surface area contributed by atoms with E-state index in [9.17, 15) is 9.18 Å². The summed E-state index contributed by atoms with van der Waals surface area (Å²) in [6, 6.07) is 4.03. The van der Waals surface area contributed by atoms with Crippen LogP contribution in [0.15, 0.2) is 24.5 Å². The molecule has 2 heterocycles. The van der Waals surface area contributed by atoms with Crippen molar-refractivity contribution in [3.8, 4) is 6.07 Å². The van der Waals surface area contributed by atoms with Crippen molar-refractivity contribution in [2.75, 3.05) is 6.54 Å². The van der Waals surface area contributed by atoms with E-state index in [0.717, 1.165) is 5.56 Å². The van der Waals surface area contributed by atoms with Crippen LogP contribution in [0.2, 0.25) is 0 Å². The number of nitrogens with zero attached hydrogens (tertiary/aromatic N) is 3. The van der Waals surface area contributed by atoms with Crippen molar-refractivity contribution in [3.63, 3.8) is 0 Å². The van der Waals surface area contributed by atoms with Crippen molar-refractivity contribution in [1.82, 2.24) is 9.88 Å². The molecule has 2 rings (SSSR count). The van der Waals surface area contributed by atoms with E-state index in [1.807, 2.05) is 6.07 Å². The van der Waals surface area contributed by atoms with Crippen LogP contribution in [0.3, 0.4) is 0 Å². The Kier molecular flexibility index (Phi) is 5.86. The SMILES string of the molecule is Cl.N#C[C@@H]1C[C@H](F)CN1C(=O)C(N)Cc1ccncc1. The van der Waals surface area contributed by atoms with Crippen LogP contribution < -0.4 is 5.73 Å². The minimum absolute atomic E-state index is 0. The molecule has 5 nitrogen and oxygen atoms in total. The number of likely N-dealkylation sites (tertiary alicyclic amines) is 1. The van der Waals surface area contributed by atoms with Gasteiger partial charge in [0, 0.05) is 18.8 Å². The number of hydrogen-bond acceptors (Lipinski definition) is 4. The first-order valence-corrected chi connectivity index (χ1v) is 6.10. The Balaban J connectivity index is 0.00000200. The standard InChI is InChI=1S/C13H15FN4O.ClH/c14-10-6-11(7-15)18(8-10)13(19)12(16)5-9-1-3-17-4-2-9;/h1-4,10-12H,5-6,8,16H2;1H/t10-,11-,12?;/m0./s1. The van der Waals surface area contributed by atoms with Gasteiger partial charge in [-0.2, -0.15) is 5.26 Å². The van der Waals surface area contributed by atoms with Gasteiger partial charge in [-0.1, -0.05) is 0 Å². The summed E-state index contributed by atoms with van der Waals surface area (Å²) in [6.45, 7) is -0.0406. The van der Waals surface area contributed by atoms with Gasteiger partial charge in [-0.05, 0) is 24.1 Å². The van der Waals surface area contributed by atoms with Crippen LogP contribution >= 0.6 is 12.4 Å². The fourth-order valence-corrected chi connectivity index (χ4v) is 2.22. The summed E-state index contributed by atoms with van der Waals surface area (Å²) in [5.41, 5.74) is 6.74. The average Bonchev–Trinajstić information content (AvgIpc) is 2.80. The molecule has 1 aromatic rings. The maximum Gasteiger partial charge on any atom is 0.241 e. The van der Waals surface area contributed by atoms with E-state index in [0.29, 0.717) is 6.42 Å². The van der Waals surface area contributed by atoms with Crippen LogP contribution in [0.25, 0.3) is 0 Å². The van der Waals surface area contributed by atoms with Gasteiger partial charge in [0.05, 0.1) is 18.7 Å². The lowest BCUT2D eigenvalue weighted by Crippen LogP contribution is -2.46. The van der Waals surface area contributed by atoms with Gasteiger partial charge < -0.3 is 10.6 Å². The Hall–Kier alpha value is -1.71. The van der Waals surface area contributed by atoms with Crippen LogP contribution in [0.1, 0.15) is 12.0 Å². The van der Waals surface area contributed by atoms with E-state index >= 15 is 0 Å². The summed E-state index contributed by atoms with van der Waals surface area (Å²) in [7, 11) is 0. The Morgan fingerprint density at radius 3 is 2.85 bits per heavy atom. The number of carbonyl (C=O) groups is 1. The number of carbonyl (C=O) groups excluding carboxylic acids is 1. The van der Waals surface area contributed by atoms with Crippen LogP contribution in [0, 0.1) is 11.3 Å². The minimum Gasteiger partial charge on any atom is -0.322 e. The lowest BCUT2D eigenvalue weighted by atomic mass is 10.1. The van der Waals surface area contributed by atoms with Crippen molar-refractivity contribution in [2.24, 2.45) is 5.73 Å². The first-order valence-electron chi connectivity index (χ1n) is 6.10. The maximum absolute atomic E-state index is 13.3. The molecule has 0 bridgehead atoms. The third kappa shape index (κ3) is 3.65. The smallest absolute Gasteiger partial charge is 0.241 e. The summed E-state index contributed by atoms with van der Waals surface area (Å²) < 4.78 is 13.3. The summed E-state index contributed by atoms with van der Waals surface area (Å²) in [5.74, 6) is -0.372. The zero-order chi connectivity index (χ0) is 13.8. The third-order valence-corrected chi connectivity index (χ3v) is 3.20. The second-order valence-electron chi connectivity index (χ2n) is 4.63. The average molecular weight is 299 g/mol. The molecule has 1 fully saturated rings. The predicted octanol–water partition coefficient (Wildman–Crippen LogP) is 0.836. The van der Waals surface area contributed by atoms with Crippen LogP contribution in [-0.4, -0.2) is 40.6 Å². The normalized spacial score (nSPS) is 22.8. The highest BCUT2D eigenvalue weighted by Gasteiger charge is 2.37. The van der Waals surface area contributed by atoms with Gasteiger partial charge in [-0.25, -0.2) is 4.39 Å². The molecule has 0 aliphatic carbocycles. The summed E-state index contributed by atoms with van der Waals surface area (Å²) in [5, 5.41) is 8.91. The third-order valence-electron chi connectivity index (χ3n) is 3.20. The van der Waals surface area contributed by atoms with Crippen molar-refractivity contribution < 1.29 is 9.18 Å². The highest BCUT2D eigenvalue weighted by Crippen LogP contribution is 2.21. The van der Waals surface area contributed by atoms with Gasteiger partial charge in [0.15, 0.2) is 0 Å². The van der Waals surface area contributed by atoms with Gasteiger partial charge in [0.1, 0.15) is 12.2 Å². The zero-order valence-corrected chi connectivity index (χ0v) is 11.6. The van der Waals surface area contributed by atoms with Crippen molar-refractivity contribution >= 4 is 18.3 Å². The summed E-state index contributed by atoms with van der Waals surface area (Å²) in [4.78, 5) is 17.3. The Bertz CT molecular complexity index is 493. The molecule has 1 saturated heterocycles. The number of amides is 1. The minimum atomic E-state index is -1.14. The van der Waals surface area contributed by atoms with Crippen molar-refractivity contribution in [2.45, 2.75) is 31.1 Å². The van der Waals surface area contributed by atoms with Crippen LogP contribution in [-0.2, 0) is 11.2 Å². The number of aromatic nitrogens is 1. The molecule has 1 amide bonds. The molecule has 3 atom stereocenters. The summed E-state index contributed by atoms with van der Waals surface area (Å²) >= 11 is 0. The molecular formula is C13H16ClFN4O. The highest BCUT2D eigenvalue weighted by molar-refractivity contribution is 5.85. The number of hydrogen-bond donors (Lipinski definition) is 1. The second kappa shape index (κ2) is 7.17. The van der Waals surface area contributed by atoms with Crippen LogP contribution in [0.5, 0.6) is 0 Å². The molecule has 2 N–H and O–H groups in total. The van der Waals surface area contributed by atoms with E-state index in [-0.39, 0.29) is 31.3 Å². The van der Waals surface area contributed by atoms with Gasteiger partial charge in [0.2, 0.25) is 5.91 Å². The monoisotopic (exact) mass is 298 g/mol. The van der Waals surface area contributed by atoms with Crippen LogP contribution in [0.4, 0.5) is 4.39 Å². The molecular weight excluding hydrogens is 283 g/mol. The fraction of sp³-hybridized carbons (Fsp3) is 0.462. The summed E-state index contributed by atoms with van der Waals surface area (Å²) in [6.07, 6.45) is 2.54. The molecule has 0 radical (unpaired) electrons. The molecule has 0 saturated carbocycles. The highest BCUT2D eigenvalue weighted by atomic mass is 35.5. The van der Waals surface area contributed by atoms with Gasteiger partial charge in [0.25, 0.3) is 0 Å². The maximum atomic E-state index is 13.3. The Labute approximate surface area is 123 Å². The van der Waals surface area contributed by atoms with E-state index in [2.05, 4.69) is 4.98 Å². The number of pyridine rings is 1. The fourth-order valence-electron chi connectivity index (χ4n) is 2.22. The number of nitriles is 1. The van der Waals surface area contributed by atoms with E-state index in [4.69, 9.17) is 11.0 Å².